The zero-order valence-corrected chi connectivity index (χ0v) is 13.1. The molecule has 2 saturated carbocycles. The van der Waals surface area contributed by atoms with Gasteiger partial charge in [-0.05, 0) is 55.1 Å². The second-order valence-corrected chi connectivity index (χ2v) is 7.84. The maximum Gasteiger partial charge on any atom is 0.307 e. The zero-order chi connectivity index (χ0) is 15.4. The maximum atomic E-state index is 11.9. The second-order valence-electron chi connectivity index (χ2n) is 7.84. The van der Waals surface area contributed by atoms with Crippen molar-refractivity contribution in [1.82, 2.24) is 0 Å². The molecule has 2 fully saturated rings. The summed E-state index contributed by atoms with van der Waals surface area (Å²) in [6.07, 6.45) is 9.23. The van der Waals surface area contributed by atoms with Gasteiger partial charge in [-0.1, -0.05) is 32.4 Å². The summed E-state index contributed by atoms with van der Waals surface area (Å²) in [5.41, 5.74) is 0.944. The number of aliphatic carboxylic acids is 1. The molecular weight excluding hydrogens is 264 g/mol. The standard InChI is InChI=1S/C18H24O3/c1-17(2)8-7-14-13(15(17)16(20)21)5-4-11-10-12(19)6-9-18(11,14)3/h6,9-10,13-15H,4-5,7-8H2,1-3H3,(H,20,21)/t13-,14+,15?,18+/m1/s1. The van der Waals surface area contributed by atoms with Gasteiger partial charge in [0.25, 0.3) is 0 Å². The molecule has 0 saturated heterocycles. The van der Waals surface area contributed by atoms with Crippen molar-refractivity contribution >= 4 is 11.8 Å². The minimum absolute atomic E-state index is 0.0758. The van der Waals surface area contributed by atoms with Gasteiger partial charge in [0.1, 0.15) is 0 Å². The van der Waals surface area contributed by atoms with E-state index in [4.69, 9.17) is 0 Å². The molecule has 0 spiro atoms. The Kier molecular flexibility index (Phi) is 3.16. The summed E-state index contributed by atoms with van der Waals surface area (Å²) < 4.78 is 0. The molecule has 0 aromatic rings. The number of carboxylic acid groups (broad SMARTS) is 1. The highest BCUT2D eigenvalue weighted by Crippen LogP contribution is 2.60. The summed E-state index contributed by atoms with van der Waals surface area (Å²) in [6.45, 7) is 6.38. The van der Waals surface area contributed by atoms with Gasteiger partial charge in [-0.3, -0.25) is 9.59 Å². The Balaban J connectivity index is 2.00. The first-order valence-electron chi connectivity index (χ1n) is 7.93. The number of carbonyl (C=O) groups is 2. The number of rotatable bonds is 1. The Hall–Kier alpha value is -1.38. The third-order valence-corrected chi connectivity index (χ3v) is 6.27. The summed E-state index contributed by atoms with van der Waals surface area (Å²) in [5.74, 6) is -0.295. The monoisotopic (exact) mass is 288 g/mol. The molecule has 0 aromatic carbocycles. The second kappa shape index (κ2) is 4.56. The fraction of sp³-hybridized carbons (Fsp3) is 0.667. The van der Waals surface area contributed by atoms with Crippen molar-refractivity contribution in [3.8, 4) is 0 Å². The Labute approximate surface area is 126 Å². The Morgan fingerprint density at radius 1 is 1.29 bits per heavy atom. The summed E-state index contributed by atoms with van der Waals surface area (Å²) >= 11 is 0. The van der Waals surface area contributed by atoms with E-state index < -0.39 is 5.97 Å². The first-order valence-corrected chi connectivity index (χ1v) is 7.93. The lowest BCUT2D eigenvalue weighted by Gasteiger charge is -2.55. The summed E-state index contributed by atoms with van der Waals surface area (Å²) in [6, 6.07) is 0. The van der Waals surface area contributed by atoms with Crippen LogP contribution in [0.25, 0.3) is 0 Å². The molecule has 0 aliphatic heterocycles. The van der Waals surface area contributed by atoms with Crippen LogP contribution in [0.15, 0.2) is 23.8 Å². The van der Waals surface area contributed by atoms with Gasteiger partial charge in [-0.25, -0.2) is 0 Å². The third-order valence-electron chi connectivity index (χ3n) is 6.27. The van der Waals surface area contributed by atoms with Gasteiger partial charge in [0.15, 0.2) is 5.78 Å². The predicted molar refractivity (Wildman–Crippen MR) is 80.7 cm³/mol. The summed E-state index contributed by atoms with van der Waals surface area (Å²) in [4.78, 5) is 23.5. The van der Waals surface area contributed by atoms with Gasteiger partial charge in [0, 0.05) is 5.41 Å². The Bertz CT molecular complexity index is 555. The van der Waals surface area contributed by atoms with Crippen molar-refractivity contribution in [2.45, 2.75) is 46.5 Å². The van der Waals surface area contributed by atoms with Crippen molar-refractivity contribution in [3.63, 3.8) is 0 Å². The number of carbonyl (C=O) groups excluding carboxylic acids is 1. The van der Waals surface area contributed by atoms with E-state index >= 15 is 0 Å². The number of hydrogen-bond acceptors (Lipinski definition) is 2. The highest BCUT2D eigenvalue weighted by molar-refractivity contribution is 6.01. The van der Waals surface area contributed by atoms with Gasteiger partial charge >= 0.3 is 5.97 Å². The molecule has 0 heterocycles. The Morgan fingerprint density at radius 2 is 2.00 bits per heavy atom. The van der Waals surface area contributed by atoms with Crippen LogP contribution in [0.2, 0.25) is 0 Å². The normalized spacial score (nSPS) is 41.0. The molecule has 3 rings (SSSR count). The number of ketones is 1. The SMILES string of the molecule is CC1(C)CC[C@H]2[C@@H](CCC3=CC(=O)C=C[C@@]32C)C1C(=O)O. The minimum atomic E-state index is -0.651. The van der Waals surface area contributed by atoms with Gasteiger partial charge in [0.05, 0.1) is 5.92 Å². The topological polar surface area (TPSA) is 54.4 Å². The van der Waals surface area contributed by atoms with Crippen LogP contribution >= 0.6 is 0 Å². The summed E-state index contributed by atoms with van der Waals surface area (Å²) in [7, 11) is 0. The van der Waals surface area contributed by atoms with Gasteiger partial charge in [-0.2, -0.15) is 0 Å². The smallest absolute Gasteiger partial charge is 0.307 e. The van der Waals surface area contributed by atoms with Crippen molar-refractivity contribution < 1.29 is 14.7 Å². The first kappa shape index (κ1) is 14.6. The molecule has 0 aromatic heterocycles. The lowest BCUT2D eigenvalue weighted by molar-refractivity contribution is -0.156. The number of allylic oxidation sites excluding steroid dienone is 4. The van der Waals surface area contributed by atoms with E-state index in [0.717, 1.165) is 25.7 Å². The molecule has 0 bridgehead atoms. The predicted octanol–water partition coefficient (Wildman–Crippen LogP) is 3.61. The van der Waals surface area contributed by atoms with E-state index in [9.17, 15) is 14.7 Å². The summed E-state index contributed by atoms with van der Waals surface area (Å²) in [5, 5.41) is 9.75. The molecule has 1 unspecified atom stereocenters. The van der Waals surface area contributed by atoms with E-state index in [0.29, 0.717) is 5.92 Å². The van der Waals surface area contributed by atoms with Gasteiger partial charge in [0.2, 0.25) is 0 Å². The first-order chi connectivity index (χ1) is 9.75. The average molecular weight is 288 g/mol. The van der Waals surface area contributed by atoms with Crippen LogP contribution in [0, 0.1) is 28.6 Å². The van der Waals surface area contributed by atoms with E-state index in [2.05, 4.69) is 20.8 Å². The minimum Gasteiger partial charge on any atom is -0.481 e. The molecule has 3 aliphatic rings. The van der Waals surface area contributed by atoms with Crippen LogP contribution in [0.3, 0.4) is 0 Å². The quantitative estimate of drug-likeness (QED) is 0.802. The molecule has 0 radical (unpaired) electrons. The van der Waals surface area contributed by atoms with Crippen LogP contribution in [-0.2, 0) is 9.59 Å². The molecule has 21 heavy (non-hydrogen) atoms. The van der Waals surface area contributed by atoms with Gasteiger partial charge < -0.3 is 5.11 Å². The largest absolute Gasteiger partial charge is 0.481 e. The molecule has 4 atom stereocenters. The lowest BCUT2D eigenvalue weighted by atomic mass is 9.48. The number of fused-ring (bicyclic) bond motifs is 3. The van der Waals surface area contributed by atoms with Crippen molar-refractivity contribution in [2.75, 3.05) is 0 Å². The van der Waals surface area contributed by atoms with Crippen molar-refractivity contribution in [1.29, 1.82) is 0 Å². The lowest BCUT2D eigenvalue weighted by Crippen LogP contribution is -2.51. The Morgan fingerprint density at radius 3 is 2.67 bits per heavy atom. The van der Waals surface area contributed by atoms with Crippen molar-refractivity contribution in [2.24, 2.45) is 28.6 Å². The number of hydrogen-bond donors (Lipinski definition) is 1. The molecule has 114 valence electrons. The van der Waals surface area contributed by atoms with E-state index in [1.165, 1.54) is 5.57 Å². The maximum absolute atomic E-state index is 11.9. The van der Waals surface area contributed by atoms with E-state index in [1.54, 1.807) is 12.2 Å². The molecular formula is C18H24O3. The highest BCUT2D eigenvalue weighted by Gasteiger charge is 2.55. The number of carboxylic acids is 1. The average Bonchev–Trinajstić information content (AvgIpc) is 2.37. The van der Waals surface area contributed by atoms with Crippen LogP contribution < -0.4 is 0 Å². The zero-order valence-electron chi connectivity index (χ0n) is 13.1. The fourth-order valence-corrected chi connectivity index (χ4v) is 5.10. The molecule has 3 aliphatic carbocycles. The molecule has 3 nitrogen and oxygen atoms in total. The molecule has 3 heteroatoms. The fourth-order valence-electron chi connectivity index (χ4n) is 5.10. The van der Waals surface area contributed by atoms with Crippen molar-refractivity contribution in [3.05, 3.63) is 23.8 Å². The third kappa shape index (κ3) is 2.09. The molecule has 0 amide bonds. The van der Waals surface area contributed by atoms with E-state index in [-0.39, 0.29) is 28.4 Å². The van der Waals surface area contributed by atoms with Crippen LogP contribution in [0.5, 0.6) is 0 Å². The van der Waals surface area contributed by atoms with Gasteiger partial charge in [-0.15, -0.1) is 0 Å². The van der Waals surface area contributed by atoms with Crippen LogP contribution in [0.1, 0.15) is 46.5 Å². The van der Waals surface area contributed by atoms with E-state index in [1.807, 2.05) is 6.08 Å². The molecule has 1 N–H and O–H groups in total. The van der Waals surface area contributed by atoms with Crippen LogP contribution in [-0.4, -0.2) is 16.9 Å². The highest BCUT2D eigenvalue weighted by atomic mass is 16.4. The van der Waals surface area contributed by atoms with Crippen LogP contribution in [0.4, 0.5) is 0 Å².